The number of halogens is 1. The molecule has 18 heavy (non-hydrogen) atoms. The van der Waals surface area contributed by atoms with Crippen LogP contribution in [0.5, 0.6) is 0 Å². The maximum atomic E-state index is 13.4. The van der Waals surface area contributed by atoms with Gasteiger partial charge in [0, 0.05) is 31.7 Å². The molecule has 1 aromatic carbocycles. The Morgan fingerprint density at radius 2 is 2.06 bits per heavy atom. The highest BCUT2D eigenvalue weighted by Gasteiger charge is 2.09. The lowest BCUT2D eigenvalue weighted by atomic mass is 10.2. The van der Waals surface area contributed by atoms with Gasteiger partial charge in [-0.15, -0.1) is 0 Å². The number of carbonyl (C=O) groups excluding carboxylic acids is 1. The number of nitrogen functional groups attached to an aromatic ring is 1. The molecule has 0 heterocycles. The Bertz CT molecular complexity index is 405. The first-order valence-electron chi connectivity index (χ1n) is 6.15. The maximum absolute atomic E-state index is 13.4. The second kappa shape index (κ2) is 6.83. The van der Waals surface area contributed by atoms with Crippen LogP contribution in [0.25, 0.3) is 0 Å². The Kier molecular flexibility index (Phi) is 5.42. The van der Waals surface area contributed by atoms with Crippen molar-refractivity contribution in [3.8, 4) is 0 Å². The van der Waals surface area contributed by atoms with Crippen molar-refractivity contribution in [3.63, 3.8) is 0 Å². The fourth-order valence-electron chi connectivity index (χ4n) is 1.71. The summed E-state index contributed by atoms with van der Waals surface area (Å²) in [6, 6.07) is 4.46. The van der Waals surface area contributed by atoms with Crippen LogP contribution in [0.2, 0.25) is 0 Å². The van der Waals surface area contributed by atoms with Gasteiger partial charge in [-0.25, -0.2) is 4.39 Å². The van der Waals surface area contributed by atoms with Crippen LogP contribution in [0.1, 0.15) is 20.3 Å². The minimum atomic E-state index is -0.398. The normalized spacial score (nSPS) is 10.2. The summed E-state index contributed by atoms with van der Waals surface area (Å²) in [5, 5.41) is 2.90. The SMILES string of the molecule is CCN(CC)C(=O)CCNc1ccc(N)cc1F. The van der Waals surface area contributed by atoms with Gasteiger partial charge < -0.3 is 16.0 Å². The molecule has 4 nitrogen and oxygen atoms in total. The van der Waals surface area contributed by atoms with Crippen molar-refractivity contribution in [2.75, 3.05) is 30.7 Å². The van der Waals surface area contributed by atoms with E-state index in [0.717, 1.165) is 0 Å². The topological polar surface area (TPSA) is 58.4 Å². The van der Waals surface area contributed by atoms with Gasteiger partial charge in [0.05, 0.1) is 5.69 Å². The first-order chi connectivity index (χ1) is 8.58. The lowest BCUT2D eigenvalue weighted by Crippen LogP contribution is -2.31. The minimum Gasteiger partial charge on any atom is -0.399 e. The lowest BCUT2D eigenvalue weighted by molar-refractivity contribution is -0.130. The molecule has 0 radical (unpaired) electrons. The largest absolute Gasteiger partial charge is 0.399 e. The number of hydrogen-bond donors (Lipinski definition) is 2. The van der Waals surface area contributed by atoms with Crippen molar-refractivity contribution in [1.29, 1.82) is 0 Å². The summed E-state index contributed by atoms with van der Waals surface area (Å²) in [5.41, 5.74) is 6.21. The van der Waals surface area contributed by atoms with E-state index in [0.29, 0.717) is 37.4 Å². The minimum absolute atomic E-state index is 0.0725. The third kappa shape index (κ3) is 3.91. The molecule has 0 spiro atoms. The van der Waals surface area contributed by atoms with Crippen molar-refractivity contribution in [1.82, 2.24) is 4.90 Å². The number of rotatable bonds is 6. The highest BCUT2D eigenvalue weighted by atomic mass is 19.1. The summed E-state index contributed by atoms with van der Waals surface area (Å²) >= 11 is 0. The van der Waals surface area contributed by atoms with E-state index >= 15 is 0 Å². The predicted molar refractivity (Wildman–Crippen MR) is 71.8 cm³/mol. The van der Waals surface area contributed by atoms with Crippen LogP contribution in [0, 0.1) is 5.82 Å². The number of nitrogens with two attached hydrogens (primary N) is 1. The second-order valence-corrected chi connectivity index (χ2v) is 3.98. The van der Waals surface area contributed by atoms with Gasteiger partial charge in [-0.2, -0.15) is 0 Å². The fourth-order valence-corrected chi connectivity index (χ4v) is 1.71. The molecular formula is C13H20FN3O. The summed E-state index contributed by atoms with van der Waals surface area (Å²) < 4.78 is 13.4. The van der Waals surface area contributed by atoms with Gasteiger partial charge in [0.2, 0.25) is 5.91 Å². The molecule has 3 N–H and O–H groups in total. The van der Waals surface area contributed by atoms with Gasteiger partial charge >= 0.3 is 0 Å². The summed E-state index contributed by atoms with van der Waals surface area (Å²) in [6.07, 6.45) is 0.353. The van der Waals surface area contributed by atoms with E-state index in [4.69, 9.17) is 5.73 Å². The Labute approximate surface area is 107 Å². The van der Waals surface area contributed by atoms with Gasteiger partial charge in [-0.3, -0.25) is 4.79 Å². The molecule has 0 atom stereocenters. The van der Waals surface area contributed by atoms with E-state index in [2.05, 4.69) is 5.32 Å². The van der Waals surface area contributed by atoms with Crippen molar-refractivity contribution in [3.05, 3.63) is 24.0 Å². The lowest BCUT2D eigenvalue weighted by Gasteiger charge is -2.18. The molecule has 0 aliphatic heterocycles. The Morgan fingerprint density at radius 3 is 2.61 bits per heavy atom. The summed E-state index contributed by atoms with van der Waals surface area (Å²) in [5.74, 6) is -0.325. The van der Waals surface area contributed by atoms with E-state index in [1.54, 1.807) is 17.0 Å². The predicted octanol–water partition coefficient (Wildman–Crippen LogP) is 2.08. The molecule has 0 unspecified atom stereocenters. The van der Waals surface area contributed by atoms with Crippen molar-refractivity contribution in [2.24, 2.45) is 0 Å². The van der Waals surface area contributed by atoms with Gasteiger partial charge in [-0.05, 0) is 32.0 Å². The van der Waals surface area contributed by atoms with Crippen LogP contribution >= 0.6 is 0 Å². The quantitative estimate of drug-likeness (QED) is 0.763. The number of nitrogens with zero attached hydrogens (tertiary/aromatic N) is 1. The van der Waals surface area contributed by atoms with E-state index < -0.39 is 5.82 Å². The van der Waals surface area contributed by atoms with Crippen LogP contribution in [0.15, 0.2) is 18.2 Å². The average Bonchev–Trinajstić information content (AvgIpc) is 2.33. The molecule has 1 rings (SSSR count). The van der Waals surface area contributed by atoms with Crippen LogP contribution < -0.4 is 11.1 Å². The number of nitrogens with one attached hydrogen (secondary N) is 1. The van der Waals surface area contributed by atoms with E-state index in [9.17, 15) is 9.18 Å². The Balaban J connectivity index is 2.44. The summed E-state index contributed by atoms with van der Waals surface area (Å²) in [7, 11) is 0. The number of hydrogen-bond acceptors (Lipinski definition) is 3. The molecule has 0 aromatic heterocycles. The molecule has 0 aliphatic carbocycles. The summed E-state index contributed by atoms with van der Waals surface area (Å²) in [4.78, 5) is 13.5. The number of carbonyl (C=O) groups is 1. The Morgan fingerprint density at radius 1 is 1.39 bits per heavy atom. The first-order valence-corrected chi connectivity index (χ1v) is 6.15. The molecular weight excluding hydrogens is 233 g/mol. The highest BCUT2D eigenvalue weighted by Crippen LogP contribution is 2.16. The number of amides is 1. The van der Waals surface area contributed by atoms with Crippen molar-refractivity contribution in [2.45, 2.75) is 20.3 Å². The van der Waals surface area contributed by atoms with Crippen molar-refractivity contribution >= 4 is 17.3 Å². The van der Waals surface area contributed by atoms with E-state index in [-0.39, 0.29) is 5.91 Å². The molecule has 0 fully saturated rings. The van der Waals surface area contributed by atoms with E-state index in [1.165, 1.54) is 6.07 Å². The molecule has 100 valence electrons. The average molecular weight is 253 g/mol. The third-order valence-corrected chi connectivity index (χ3v) is 2.76. The van der Waals surface area contributed by atoms with Crippen LogP contribution in [-0.4, -0.2) is 30.4 Å². The fraction of sp³-hybridized carbons (Fsp3) is 0.462. The number of anilines is 2. The standard InChI is InChI=1S/C13H20FN3O/c1-3-17(4-2)13(18)7-8-16-12-6-5-10(15)9-11(12)14/h5-6,9,16H,3-4,7-8,15H2,1-2H3. The Hall–Kier alpha value is -1.78. The zero-order valence-electron chi connectivity index (χ0n) is 10.9. The van der Waals surface area contributed by atoms with Crippen LogP contribution in [-0.2, 0) is 4.79 Å². The highest BCUT2D eigenvalue weighted by molar-refractivity contribution is 5.76. The molecule has 1 amide bonds. The molecule has 0 saturated carbocycles. The molecule has 0 aliphatic rings. The smallest absolute Gasteiger partial charge is 0.224 e. The third-order valence-electron chi connectivity index (χ3n) is 2.76. The first kappa shape index (κ1) is 14.3. The monoisotopic (exact) mass is 253 g/mol. The molecule has 0 saturated heterocycles. The molecule has 5 heteroatoms. The summed E-state index contributed by atoms with van der Waals surface area (Å²) in [6.45, 7) is 5.69. The van der Waals surface area contributed by atoms with Gasteiger partial charge in [-0.1, -0.05) is 0 Å². The number of benzene rings is 1. The molecule has 0 bridgehead atoms. The van der Waals surface area contributed by atoms with Crippen LogP contribution in [0.4, 0.5) is 15.8 Å². The van der Waals surface area contributed by atoms with E-state index in [1.807, 2.05) is 13.8 Å². The van der Waals surface area contributed by atoms with Crippen LogP contribution in [0.3, 0.4) is 0 Å². The molecule has 1 aromatic rings. The maximum Gasteiger partial charge on any atom is 0.224 e. The second-order valence-electron chi connectivity index (χ2n) is 3.98. The van der Waals surface area contributed by atoms with Gasteiger partial charge in [0.15, 0.2) is 0 Å². The van der Waals surface area contributed by atoms with Gasteiger partial charge in [0.1, 0.15) is 5.82 Å². The van der Waals surface area contributed by atoms with Crippen molar-refractivity contribution < 1.29 is 9.18 Å². The zero-order chi connectivity index (χ0) is 13.5. The van der Waals surface area contributed by atoms with Gasteiger partial charge in [0.25, 0.3) is 0 Å². The zero-order valence-corrected chi connectivity index (χ0v) is 10.9.